The number of aliphatic hydroxyl groups is 1. The lowest BCUT2D eigenvalue weighted by Gasteiger charge is -2.36. The number of nitro groups is 1. The highest BCUT2D eigenvalue weighted by atomic mass is 16.6. The molecule has 28 heavy (non-hydrogen) atoms. The van der Waals surface area contributed by atoms with Gasteiger partial charge in [-0.15, -0.1) is 0 Å². The number of amides is 1. The molecular weight excluding hydrogens is 368 g/mol. The summed E-state index contributed by atoms with van der Waals surface area (Å²) < 4.78 is 10.8. The highest BCUT2D eigenvalue weighted by molar-refractivity contribution is 6.01. The number of Topliss-reactive ketones (excluding diaryl/α,β-unsaturated/α-hetero) is 1. The molecule has 1 heterocycles. The van der Waals surface area contributed by atoms with E-state index in [0.717, 1.165) is 12.8 Å². The van der Waals surface area contributed by atoms with Crippen LogP contribution in [-0.4, -0.2) is 59.0 Å². The van der Waals surface area contributed by atoms with Gasteiger partial charge in [0.2, 0.25) is 0 Å². The van der Waals surface area contributed by atoms with Gasteiger partial charge >= 0.3 is 0 Å². The van der Waals surface area contributed by atoms with Gasteiger partial charge in [-0.2, -0.15) is 0 Å². The van der Waals surface area contributed by atoms with Gasteiger partial charge in [0, 0.05) is 19.0 Å². The van der Waals surface area contributed by atoms with Gasteiger partial charge in [-0.3, -0.25) is 19.7 Å². The number of methoxy groups -OCH3 is 1. The maximum Gasteiger partial charge on any atom is 0.286 e. The topological polar surface area (TPSA) is 119 Å². The molecule has 0 spiro atoms. The number of rotatable bonds is 8. The Morgan fingerprint density at radius 1 is 1.36 bits per heavy atom. The van der Waals surface area contributed by atoms with E-state index in [9.17, 15) is 24.8 Å². The Morgan fingerprint density at radius 2 is 2.07 bits per heavy atom. The number of ether oxygens (including phenoxy) is 2. The number of aliphatic hydroxyl groups excluding tert-OH is 1. The van der Waals surface area contributed by atoms with E-state index >= 15 is 0 Å². The fourth-order valence-electron chi connectivity index (χ4n) is 3.20. The smallest absolute Gasteiger partial charge is 0.286 e. The van der Waals surface area contributed by atoms with Gasteiger partial charge in [-0.05, 0) is 19.8 Å². The molecule has 1 aromatic rings. The monoisotopic (exact) mass is 394 g/mol. The molecule has 1 fully saturated rings. The standard InChI is InChI=1S/C19H26N2O7/c1-4-5-8-28-18-11-16(21(25)26)14(10-17(18)27-3)19(24)20-7-6-13(23)9-15(20)12(2)22/h10-11,13,15,23H,4-9H2,1-3H3/t13-,15-/m0/s1. The molecule has 0 unspecified atom stereocenters. The number of likely N-dealkylation sites (tertiary alicyclic amines) is 1. The van der Waals surface area contributed by atoms with Crippen LogP contribution in [0.25, 0.3) is 0 Å². The number of hydrogen-bond acceptors (Lipinski definition) is 7. The second kappa shape index (κ2) is 9.50. The zero-order valence-electron chi connectivity index (χ0n) is 16.3. The fourth-order valence-corrected chi connectivity index (χ4v) is 3.20. The summed E-state index contributed by atoms with van der Waals surface area (Å²) in [5.41, 5.74) is -0.585. The van der Waals surface area contributed by atoms with Gasteiger partial charge in [0.1, 0.15) is 5.56 Å². The number of nitrogens with zero attached hydrogens (tertiary/aromatic N) is 2. The molecule has 0 bridgehead atoms. The van der Waals surface area contributed by atoms with Gasteiger partial charge < -0.3 is 19.5 Å². The van der Waals surface area contributed by atoms with Crippen LogP contribution in [0.5, 0.6) is 11.5 Å². The first kappa shape index (κ1) is 21.6. The first-order chi connectivity index (χ1) is 13.3. The average molecular weight is 394 g/mol. The summed E-state index contributed by atoms with van der Waals surface area (Å²) in [6.07, 6.45) is 1.40. The summed E-state index contributed by atoms with van der Waals surface area (Å²) in [6.45, 7) is 3.83. The molecule has 154 valence electrons. The van der Waals surface area contributed by atoms with Crippen LogP contribution in [0.4, 0.5) is 5.69 Å². The Balaban J connectivity index is 2.43. The number of nitro benzene ring substituents is 1. The molecule has 9 heteroatoms. The van der Waals surface area contributed by atoms with Crippen molar-refractivity contribution in [3.8, 4) is 11.5 Å². The molecular formula is C19H26N2O7. The van der Waals surface area contributed by atoms with Crippen molar-refractivity contribution >= 4 is 17.4 Å². The summed E-state index contributed by atoms with van der Waals surface area (Å²) in [6, 6.07) is 1.65. The third-order valence-electron chi connectivity index (χ3n) is 4.77. The van der Waals surface area contributed by atoms with Crippen molar-refractivity contribution in [2.75, 3.05) is 20.3 Å². The molecule has 0 aromatic heterocycles. The lowest BCUT2D eigenvalue weighted by Crippen LogP contribution is -2.50. The molecule has 1 aliphatic heterocycles. The van der Waals surface area contributed by atoms with Gasteiger partial charge in [0.05, 0.1) is 36.9 Å². The highest BCUT2D eigenvalue weighted by Gasteiger charge is 2.37. The molecule has 1 aliphatic rings. The second-order valence-electron chi connectivity index (χ2n) is 6.78. The van der Waals surface area contributed by atoms with Gasteiger partial charge in [-0.1, -0.05) is 13.3 Å². The lowest BCUT2D eigenvalue weighted by atomic mass is 9.95. The van der Waals surface area contributed by atoms with Crippen molar-refractivity contribution in [2.45, 2.75) is 51.7 Å². The Morgan fingerprint density at radius 3 is 2.64 bits per heavy atom. The number of ketones is 1. The fraction of sp³-hybridized carbons (Fsp3) is 0.579. The van der Waals surface area contributed by atoms with E-state index in [1.54, 1.807) is 0 Å². The first-order valence-electron chi connectivity index (χ1n) is 9.28. The molecule has 1 N–H and O–H groups in total. The maximum absolute atomic E-state index is 13.1. The number of carbonyl (C=O) groups is 2. The van der Waals surface area contributed by atoms with E-state index in [1.807, 2.05) is 6.92 Å². The summed E-state index contributed by atoms with van der Waals surface area (Å²) in [7, 11) is 1.39. The molecule has 9 nitrogen and oxygen atoms in total. The highest BCUT2D eigenvalue weighted by Crippen LogP contribution is 2.36. The number of piperidine rings is 1. The van der Waals surface area contributed by atoms with E-state index in [2.05, 4.69) is 0 Å². The predicted octanol–water partition coefficient (Wildman–Crippen LogP) is 2.34. The summed E-state index contributed by atoms with van der Waals surface area (Å²) in [4.78, 5) is 37.3. The van der Waals surface area contributed by atoms with E-state index in [4.69, 9.17) is 9.47 Å². The van der Waals surface area contributed by atoms with Crippen LogP contribution in [0.3, 0.4) is 0 Å². The quantitative estimate of drug-likeness (QED) is 0.408. The summed E-state index contributed by atoms with van der Waals surface area (Å²) in [5.74, 6) is -0.517. The summed E-state index contributed by atoms with van der Waals surface area (Å²) >= 11 is 0. The average Bonchev–Trinajstić information content (AvgIpc) is 2.67. The molecule has 2 atom stereocenters. The number of benzene rings is 1. The largest absolute Gasteiger partial charge is 0.493 e. The van der Waals surface area contributed by atoms with Crippen molar-refractivity contribution in [2.24, 2.45) is 0 Å². The Kier molecular flexibility index (Phi) is 7.33. The Bertz CT molecular complexity index is 750. The molecule has 1 amide bonds. The minimum atomic E-state index is -0.817. The van der Waals surface area contributed by atoms with Crippen LogP contribution in [0, 0.1) is 10.1 Å². The SMILES string of the molecule is CCCCOc1cc([N+](=O)[O-])c(C(=O)N2CC[C@H](O)C[C@H]2C(C)=O)cc1OC. The van der Waals surface area contributed by atoms with E-state index in [-0.39, 0.29) is 35.8 Å². The third kappa shape index (κ3) is 4.78. The van der Waals surface area contributed by atoms with Crippen molar-refractivity contribution < 1.29 is 29.1 Å². The van der Waals surface area contributed by atoms with Crippen LogP contribution in [0.15, 0.2) is 12.1 Å². The van der Waals surface area contributed by atoms with Crippen LogP contribution >= 0.6 is 0 Å². The van der Waals surface area contributed by atoms with Crippen LogP contribution in [-0.2, 0) is 4.79 Å². The number of carbonyl (C=O) groups excluding carboxylic acids is 2. The normalized spacial score (nSPS) is 19.2. The molecule has 0 radical (unpaired) electrons. The minimum Gasteiger partial charge on any atom is -0.493 e. The van der Waals surface area contributed by atoms with E-state index in [1.165, 1.54) is 31.1 Å². The van der Waals surface area contributed by atoms with Crippen LogP contribution in [0.2, 0.25) is 0 Å². The molecule has 0 saturated carbocycles. The number of unbranched alkanes of at least 4 members (excludes halogenated alkanes) is 1. The molecule has 2 rings (SSSR count). The Labute approximate surface area is 163 Å². The van der Waals surface area contributed by atoms with Crippen LogP contribution < -0.4 is 9.47 Å². The molecule has 1 saturated heterocycles. The maximum atomic E-state index is 13.1. The first-order valence-corrected chi connectivity index (χ1v) is 9.28. The zero-order valence-corrected chi connectivity index (χ0v) is 16.3. The van der Waals surface area contributed by atoms with Gasteiger partial charge in [0.25, 0.3) is 11.6 Å². The van der Waals surface area contributed by atoms with E-state index in [0.29, 0.717) is 13.0 Å². The third-order valence-corrected chi connectivity index (χ3v) is 4.77. The second-order valence-corrected chi connectivity index (χ2v) is 6.78. The van der Waals surface area contributed by atoms with Crippen molar-refractivity contribution in [3.05, 3.63) is 27.8 Å². The van der Waals surface area contributed by atoms with Crippen molar-refractivity contribution in [1.29, 1.82) is 0 Å². The van der Waals surface area contributed by atoms with Crippen LogP contribution in [0.1, 0.15) is 49.9 Å². The van der Waals surface area contributed by atoms with Gasteiger partial charge in [0.15, 0.2) is 17.3 Å². The van der Waals surface area contributed by atoms with Crippen molar-refractivity contribution in [3.63, 3.8) is 0 Å². The number of hydrogen-bond donors (Lipinski definition) is 1. The Hall–Kier alpha value is -2.68. The predicted molar refractivity (Wildman–Crippen MR) is 101 cm³/mol. The summed E-state index contributed by atoms with van der Waals surface area (Å²) in [5, 5.41) is 21.4. The minimum absolute atomic E-state index is 0.115. The molecule has 1 aromatic carbocycles. The molecule has 0 aliphatic carbocycles. The van der Waals surface area contributed by atoms with Gasteiger partial charge in [-0.25, -0.2) is 0 Å². The zero-order chi connectivity index (χ0) is 20.8. The van der Waals surface area contributed by atoms with Crippen molar-refractivity contribution in [1.82, 2.24) is 4.90 Å². The van der Waals surface area contributed by atoms with E-state index < -0.39 is 28.7 Å². The lowest BCUT2D eigenvalue weighted by molar-refractivity contribution is -0.385.